The molecule has 92 valence electrons. The van der Waals surface area contributed by atoms with Crippen LogP contribution >= 0.6 is 0 Å². The minimum Gasteiger partial charge on any atom is -0.0842 e. The van der Waals surface area contributed by atoms with Gasteiger partial charge >= 0.3 is 0 Å². The van der Waals surface area contributed by atoms with Crippen molar-refractivity contribution in [2.45, 2.75) is 47.0 Å². The van der Waals surface area contributed by atoms with Crippen molar-refractivity contribution in [3.8, 4) is 0 Å². The lowest BCUT2D eigenvalue weighted by molar-refractivity contribution is 0.918. The van der Waals surface area contributed by atoms with Crippen molar-refractivity contribution in [1.29, 1.82) is 0 Å². The van der Waals surface area contributed by atoms with Crippen LogP contribution in [0, 0.1) is 0 Å². The molecular weight excluding hydrogens is 204 g/mol. The zero-order valence-electron chi connectivity index (χ0n) is 11.6. The fourth-order valence-corrected chi connectivity index (χ4v) is 1.75. The highest BCUT2D eigenvalue weighted by molar-refractivity contribution is 5.45. The average Bonchev–Trinajstić information content (AvgIpc) is 2.30. The van der Waals surface area contributed by atoms with Crippen LogP contribution in [0.2, 0.25) is 0 Å². The highest BCUT2D eigenvalue weighted by atomic mass is 14.1. The van der Waals surface area contributed by atoms with Gasteiger partial charge in [-0.1, -0.05) is 54.5 Å². The summed E-state index contributed by atoms with van der Waals surface area (Å²) < 4.78 is 0. The first-order valence-electron chi connectivity index (χ1n) is 6.52. The van der Waals surface area contributed by atoms with Crippen molar-refractivity contribution in [3.05, 3.63) is 58.7 Å². The first kappa shape index (κ1) is 13.8. The Hall–Kier alpha value is -1.30. The smallest absolute Gasteiger partial charge is 0.0228 e. The van der Waals surface area contributed by atoms with Gasteiger partial charge in [0.15, 0.2) is 0 Å². The van der Waals surface area contributed by atoms with E-state index in [0.717, 1.165) is 6.42 Å². The van der Waals surface area contributed by atoms with Gasteiger partial charge in [-0.3, -0.25) is 0 Å². The lowest BCUT2D eigenvalue weighted by Crippen LogP contribution is -1.93. The van der Waals surface area contributed by atoms with Gasteiger partial charge in [0.2, 0.25) is 0 Å². The predicted octanol–water partition coefficient (Wildman–Crippen LogP) is 5.51. The van der Waals surface area contributed by atoms with Gasteiger partial charge in [-0.25, -0.2) is 0 Å². The summed E-state index contributed by atoms with van der Waals surface area (Å²) in [5.74, 6) is 0. The van der Waals surface area contributed by atoms with Gasteiger partial charge in [-0.05, 0) is 51.2 Å². The summed E-state index contributed by atoms with van der Waals surface area (Å²) in [4.78, 5) is 0. The van der Waals surface area contributed by atoms with Gasteiger partial charge in [0, 0.05) is 0 Å². The van der Waals surface area contributed by atoms with E-state index in [1.165, 1.54) is 35.1 Å². The second-order valence-corrected chi connectivity index (χ2v) is 4.88. The van der Waals surface area contributed by atoms with E-state index in [4.69, 9.17) is 0 Å². The molecule has 17 heavy (non-hydrogen) atoms. The van der Waals surface area contributed by atoms with Gasteiger partial charge < -0.3 is 0 Å². The van der Waals surface area contributed by atoms with Crippen LogP contribution in [0.25, 0.3) is 0 Å². The third-order valence-corrected chi connectivity index (χ3v) is 2.86. The van der Waals surface area contributed by atoms with Crippen LogP contribution in [0.4, 0.5) is 0 Å². The summed E-state index contributed by atoms with van der Waals surface area (Å²) in [5, 5.41) is 0. The molecule has 0 N–H and O–H groups in total. The Kier molecular flexibility index (Phi) is 5.76. The van der Waals surface area contributed by atoms with E-state index in [1.54, 1.807) is 0 Å². The van der Waals surface area contributed by atoms with Crippen LogP contribution in [-0.4, -0.2) is 0 Å². The highest BCUT2D eigenvalue weighted by Crippen LogP contribution is 2.25. The van der Waals surface area contributed by atoms with Crippen LogP contribution in [0.3, 0.4) is 0 Å². The summed E-state index contributed by atoms with van der Waals surface area (Å²) in [5.41, 5.74) is 5.64. The lowest BCUT2D eigenvalue weighted by atomic mass is 9.93. The predicted molar refractivity (Wildman–Crippen MR) is 78.0 cm³/mol. The first-order valence-corrected chi connectivity index (χ1v) is 6.52. The van der Waals surface area contributed by atoms with E-state index in [1.807, 2.05) is 0 Å². The number of rotatable bonds is 4. The molecule has 1 aliphatic carbocycles. The molecule has 0 nitrogen and oxygen atoms in total. The van der Waals surface area contributed by atoms with E-state index in [2.05, 4.69) is 64.2 Å². The quantitative estimate of drug-likeness (QED) is 0.556. The fourth-order valence-electron chi connectivity index (χ4n) is 1.75. The number of hydrogen-bond acceptors (Lipinski definition) is 0. The summed E-state index contributed by atoms with van der Waals surface area (Å²) in [7, 11) is 0. The Balaban J connectivity index is 2.95. The van der Waals surface area contributed by atoms with Gasteiger partial charge in [-0.15, -0.1) is 0 Å². The molecule has 0 saturated heterocycles. The Bertz CT molecular complexity index is 394. The second-order valence-electron chi connectivity index (χ2n) is 4.88. The van der Waals surface area contributed by atoms with Crippen molar-refractivity contribution in [1.82, 2.24) is 0 Å². The molecule has 0 heterocycles. The zero-order valence-corrected chi connectivity index (χ0v) is 11.6. The zero-order chi connectivity index (χ0) is 12.7. The molecule has 0 bridgehead atoms. The summed E-state index contributed by atoms with van der Waals surface area (Å²) >= 11 is 0. The van der Waals surface area contributed by atoms with Gasteiger partial charge in [0.05, 0.1) is 0 Å². The normalized spacial score (nSPS) is 16.8. The summed E-state index contributed by atoms with van der Waals surface area (Å²) in [6, 6.07) is 0. The van der Waals surface area contributed by atoms with E-state index in [-0.39, 0.29) is 0 Å². The topological polar surface area (TPSA) is 0 Å². The second kappa shape index (κ2) is 7.11. The van der Waals surface area contributed by atoms with Gasteiger partial charge in [0.25, 0.3) is 0 Å². The molecule has 1 rings (SSSR count). The summed E-state index contributed by atoms with van der Waals surface area (Å²) in [6.45, 7) is 8.65. The van der Waals surface area contributed by atoms with Gasteiger partial charge in [-0.2, -0.15) is 0 Å². The van der Waals surface area contributed by atoms with Crippen molar-refractivity contribution < 1.29 is 0 Å². The lowest BCUT2D eigenvalue weighted by Gasteiger charge is -2.13. The van der Waals surface area contributed by atoms with Crippen molar-refractivity contribution >= 4 is 0 Å². The summed E-state index contributed by atoms with van der Waals surface area (Å²) in [6.07, 6.45) is 16.9. The molecule has 0 radical (unpaired) electrons. The molecule has 0 aromatic heterocycles. The van der Waals surface area contributed by atoms with Crippen molar-refractivity contribution in [2.24, 2.45) is 0 Å². The highest BCUT2D eigenvalue weighted by Gasteiger charge is 2.05. The van der Waals surface area contributed by atoms with E-state index < -0.39 is 0 Å². The van der Waals surface area contributed by atoms with Crippen molar-refractivity contribution in [2.75, 3.05) is 0 Å². The SMILES string of the molecule is CCC=C/C(=C\C=C(C)C)C1=CC=C(C)CC1. The van der Waals surface area contributed by atoms with E-state index in [9.17, 15) is 0 Å². The average molecular weight is 228 g/mol. The monoisotopic (exact) mass is 228 g/mol. The molecule has 0 spiro atoms. The Labute approximate surface area is 106 Å². The van der Waals surface area contributed by atoms with Crippen LogP contribution in [0.1, 0.15) is 47.0 Å². The van der Waals surface area contributed by atoms with Crippen molar-refractivity contribution in [3.63, 3.8) is 0 Å². The molecule has 0 amide bonds. The minimum atomic E-state index is 1.09. The van der Waals surface area contributed by atoms with E-state index in [0.29, 0.717) is 0 Å². The van der Waals surface area contributed by atoms with Gasteiger partial charge in [0.1, 0.15) is 0 Å². The molecule has 0 aromatic rings. The largest absolute Gasteiger partial charge is 0.0842 e. The molecular formula is C17H24. The van der Waals surface area contributed by atoms with Crippen LogP contribution < -0.4 is 0 Å². The molecule has 0 aliphatic heterocycles. The molecule has 0 atom stereocenters. The molecule has 0 fully saturated rings. The molecule has 0 heteroatoms. The number of hydrogen-bond donors (Lipinski definition) is 0. The molecule has 0 saturated carbocycles. The van der Waals surface area contributed by atoms with E-state index >= 15 is 0 Å². The number of allylic oxidation sites excluding steroid dienone is 10. The molecule has 0 unspecified atom stereocenters. The maximum Gasteiger partial charge on any atom is -0.0228 e. The standard InChI is InChI=1S/C17H24/c1-5-6-7-16(11-8-14(2)3)17-12-9-15(4)10-13-17/h6-9,11-12H,5,10,13H2,1-4H3/b7-6?,16-11+. The maximum atomic E-state index is 2.27. The molecule has 1 aliphatic rings. The fraction of sp³-hybridized carbons (Fsp3) is 0.412. The Morgan fingerprint density at radius 3 is 2.47 bits per heavy atom. The van der Waals surface area contributed by atoms with Crippen LogP contribution in [-0.2, 0) is 0 Å². The first-order chi connectivity index (χ1) is 8.13. The Morgan fingerprint density at radius 1 is 1.18 bits per heavy atom. The molecule has 0 aromatic carbocycles. The third kappa shape index (κ3) is 5.04. The minimum absolute atomic E-state index is 1.09. The van der Waals surface area contributed by atoms with Crippen LogP contribution in [0.5, 0.6) is 0 Å². The Morgan fingerprint density at radius 2 is 1.94 bits per heavy atom. The maximum absolute atomic E-state index is 2.27. The van der Waals surface area contributed by atoms with Crippen LogP contribution in [0.15, 0.2) is 58.7 Å². The third-order valence-electron chi connectivity index (χ3n) is 2.86.